The highest BCUT2D eigenvalue weighted by atomic mass is 19.4. The second-order valence-corrected chi connectivity index (χ2v) is 6.69. The van der Waals surface area contributed by atoms with Gasteiger partial charge in [-0.1, -0.05) is 6.07 Å². The van der Waals surface area contributed by atoms with Gasteiger partial charge in [-0.05, 0) is 43.0 Å². The van der Waals surface area contributed by atoms with Crippen LogP contribution in [0.3, 0.4) is 0 Å². The van der Waals surface area contributed by atoms with Crippen LogP contribution in [0.5, 0.6) is 0 Å². The Morgan fingerprint density at radius 3 is 2.57 bits per heavy atom. The number of nitrogens with zero attached hydrogens (tertiary/aromatic N) is 3. The SMILES string of the molecule is CC1CCC(C(=O)NCc2cc(-c3cnc(C(F)(F)F)nc3)ccc2C#N)N1. The third kappa shape index (κ3) is 4.46. The molecule has 1 amide bonds. The maximum absolute atomic E-state index is 12.6. The van der Waals surface area contributed by atoms with Crippen molar-refractivity contribution in [1.29, 1.82) is 5.26 Å². The molecule has 0 aliphatic carbocycles. The zero-order valence-corrected chi connectivity index (χ0v) is 15.0. The van der Waals surface area contributed by atoms with Gasteiger partial charge in [0.2, 0.25) is 11.7 Å². The van der Waals surface area contributed by atoms with E-state index in [9.17, 15) is 23.2 Å². The van der Waals surface area contributed by atoms with Crippen LogP contribution in [0.15, 0.2) is 30.6 Å². The van der Waals surface area contributed by atoms with Crippen molar-refractivity contribution in [1.82, 2.24) is 20.6 Å². The Hall–Kier alpha value is -2.99. The highest BCUT2D eigenvalue weighted by molar-refractivity contribution is 5.82. The van der Waals surface area contributed by atoms with Gasteiger partial charge in [0.05, 0.1) is 17.7 Å². The number of rotatable bonds is 4. The normalized spacial score (nSPS) is 19.2. The fourth-order valence-corrected chi connectivity index (χ4v) is 3.09. The summed E-state index contributed by atoms with van der Waals surface area (Å²) in [5.41, 5.74) is 1.89. The van der Waals surface area contributed by atoms with E-state index in [0.717, 1.165) is 25.2 Å². The molecule has 2 atom stereocenters. The van der Waals surface area contributed by atoms with Crippen molar-refractivity contribution in [2.24, 2.45) is 0 Å². The summed E-state index contributed by atoms with van der Waals surface area (Å²) in [5.74, 6) is -1.35. The smallest absolute Gasteiger partial charge is 0.351 e. The Labute approximate surface area is 159 Å². The molecule has 0 saturated carbocycles. The van der Waals surface area contributed by atoms with Crippen LogP contribution in [-0.2, 0) is 17.5 Å². The van der Waals surface area contributed by atoms with Crippen molar-refractivity contribution in [3.63, 3.8) is 0 Å². The fraction of sp³-hybridized carbons (Fsp3) is 0.368. The molecule has 146 valence electrons. The molecule has 1 fully saturated rings. The molecule has 2 N–H and O–H groups in total. The summed E-state index contributed by atoms with van der Waals surface area (Å²) in [6.45, 7) is 2.15. The van der Waals surface area contributed by atoms with Gasteiger partial charge >= 0.3 is 6.18 Å². The summed E-state index contributed by atoms with van der Waals surface area (Å²) in [7, 11) is 0. The molecule has 1 saturated heterocycles. The number of nitrogens with one attached hydrogen (secondary N) is 2. The lowest BCUT2D eigenvalue weighted by Gasteiger charge is -2.14. The van der Waals surface area contributed by atoms with Crippen molar-refractivity contribution < 1.29 is 18.0 Å². The number of nitriles is 1. The molecule has 1 aromatic carbocycles. The molecule has 1 aliphatic heterocycles. The first-order valence-corrected chi connectivity index (χ1v) is 8.74. The third-order valence-electron chi connectivity index (χ3n) is 4.61. The number of carbonyl (C=O) groups excluding carboxylic acids is 1. The molecule has 0 radical (unpaired) electrons. The van der Waals surface area contributed by atoms with Gasteiger partial charge in [0.25, 0.3) is 0 Å². The summed E-state index contributed by atoms with van der Waals surface area (Å²) < 4.78 is 37.8. The summed E-state index contributed by atoms with van der Waals surface area (Å²) >= 11 is 0. The zero-order chi connectivity index (χ0) is 20.3. The maximum Gasteiger partial charge on any atom is 0.451 e. The molecule has 9 heteroatoms. The number of hydrogen-bond donors (Lipinski definition) is 2. The van der Waals surface area contributed by atoms with Gasteiger partial charge < -0.3 is 10.6 Å². The zero-order valence-electron chi connectivity index (χ0n) is 15.0. The second kappa shape index (κ2) is 7.94. The van der Waals surface area contributed by atoms with E-state index in [4.69, 9.17) is 0 Å². The Bertz CT molecular complexity index is 905. The van der Waals surface area contributed by atoms with Gasteiger partial charge in [-0.25, -0.2) is 9.97 Å². The van der Waals surface area contributed by atoms with E-state index in [1.807, 2.05) is 6.92 Å². The lowest BCUT2D eigenvalue weighted by atomic mass is 10.0. The molecule has 1 aliphatic rings. The summed E-state index contributed by atoms with van der Waals surface area (Å²) in [5, 5.41) is 15.3. The molecular weight excluding hydrogens is 371 g/mol. The van der Waals surface area contributed by atoms with Crippen molar-refractivity contribution >= 4 is 5.91 Å². The Morgan fingerprint density at radius 2 is 2.00 bits per heavy atom. The largest absolute Gasteiger partial charge is 0.451 e. The Balaban J connectivity index is 1.76. The minimum atomic E-state index is -4.61. The van der Waals surface area contributed by atoms with Crippen LogP contribution in [0.1, 0.15) is 36.7 Å². The van der Waals surface area contributed by atoms with Gasteiger partial charge in [-0.2, -0.15) is 18.4 Å². The van der Waals surface area contributed by atoms with E-state index in [-0.39, 0.29) is 24.5 Å². The molecule has 0 bridgehead atoms. The number of carbonyl (C=O) groups is 1. The lowest BCUT2D eigenvalue weighted by Crippen LogP contribution is -2.41. The minimum Gasteiger partial charge on any atom is -0.351 e. The second-order valence-electron chi connectivity index (χ2n) is 6.69. The number of aromatic nitrogens is 2. The maximum atomic E-state index is 12.6. The topological polar surface area (TPSA) is 90.7 Å². The van der Waals surface area contributed by atoms with E-state index >= 15 is 0 Å². The van der Waals surface area contributed by atoms with Gasteiger partial charge in [0.15, 0.2) is 0 Å². The van der Waals surface area contributed by atoms with Crippen molar-refractivity contribution in [3.8, 4) is 17.2 Å². The fourth-order valence-electron chi connectivity index (χ4n) is 3.09. The quantitative estimate of drug-likeness (QED) is 0.839. The molecule has 2 heterocycles. The van der Waals surface area contributed by atoms with Crippen LogP contribution >= 0.6 is 0 Å². The Morgan fingerprint density at radius 1 is 1.29 bits per heavy atom. The number of amides is 1. The third-order valence-corrected chi connectivity index (χ3v) is 4.61. The molecular formula is C19H18F3N5O. The van der Waals surface area contributed by atoms with Crippen LogP contribution in [-0.4, -0.2) is 28.0 Å². The van der Waals surface area contributed by atoms with E-state index in [0.29, 0.717) is 22.3 Å². The number of halogens is 3. The number of alkyl halides is 3. The highest BCUT2D eigenvalue weighted by Gasteiger charge is 2.34. The van der Waals surface area contributed by atoms with E-state index in [2.05, 4.69) is 26.7 Å². The molecule has 1 aromatic heterocycles. The molecule has 28 heavy (non-hydrogen) atoms. The van der Waals surface area contributed by atoms with Crippen LogP contribution < -0.4 is 10.6 Å². The summed E-state index contributed by atoms with van der Waals surface area (Å²) in [6.07, 6.45) is -0.761. The first-order chi connectivity index (χ1) is 13.3. The van der Waals surface area contributed by atoms with Crippen LogP contribution in [0.2, 0.25) is 0 Å². The van der Waals surface area contributed by atoms with E-state index in [1.54, 1.807) is 18.2 Å². The highest BCUT2D eigenvalue weighted by Crippen LogP contribution is 2.27. The minimum absolute atomic E-state index is 0.142. The average Bonchev–Trinajstić information content (AvgIpc) is 3.11. The molecule has 2 aromatic rings. The van der Waals surface area contributed by atoms with Gasteiger partial charge in [0.1, 0.15) is 0 Å². The van der Waals surface area contributed by atoms with E-state index in [1.165, 1.54) is 0 Å². The standard InChI is InChI=1S/C19H18F3N5O/c1-11-2-5-16(27-11)17(28)24-8-14-6-12(3-4-13(14)7-23)15-9-25-18(26-10-15)19(20,21)22/h3-4,6,9-11,16,27H,2,5,8H2,1H3,(H,24,28). The van der Waals surface area contributed by atoms with Crippen molar-refractivity contribution in [2.75, 3.05) is 0 Å². The monoisotopic (exact) mass is 389 g/mol. The van der Waals surface area contributed by atoms with Gasteiger partial charge in [-0.15, -0.1) is 0 Å². The molecule has 6 nitrogen and oxygen atoms in total. The predicted octanol–water partition coefficient (Wildman–Crippen LogP) is 2.79. The van der Waals surface area contributed by atoms with Crippen molar-refractivity contribution in [2.45, 2.75) is 44.6 Å². The van der Waals surface area contributed by atoms with Gasteiger partial charge in [-0.3, -0.25) is 4.79 Å². The Kier molecular flexibility index (Phi) is 5.61. The first-order valence-electron chi connectivity index (χ1n) is 8.74. The summed E-state index contributed by atoms with van der Waals surface area (Å²) in [4.78, 5) is 19.0. The molecule has 0 spiro atoms. The first kappa shape index (κ1) is 19.8. The average molecular weight is 389 g/mol. The van der Waals surface area contributed by atoms with Crippen LogP contribution in [0.4, 0.5) is 13.2 Å². The van der Waals surface area contributed by atoms with Gasteiger partial charge in [0, 0.05) is 30.5 Å². The predicted molar refractivity (Wildman–Crippen MR) is 94.7 cm³/mol. The van der Waals surface area contributed by atoms with E-state index < -0.39 is 12.0 Å². The lowest BCUT2D eigenvalue weighted by molar-refractivity contribution is -0.145. The number of benzene rings is 1. The number of hydrogen-bond acceptors (Lipinski definition) is 5. The van der Waals surface area contributed by atoms with Crippen LogP contribution in [0, 0.1) is 11.3 Å². The molecule has 3 rings (SSSR count). The molecule has 2 unspecified atom stereocenters. The summed E-state index contributed by atoms with van der Waals surface area (Å²) in [6, 6.07) is 6.90. The van der Waals surface area contributed by atoms with Crippen LogP contribution in [0.25, 0.3) is 11.1 Å². The van der Waals surface area contributed by atoms with Crippen molar-refractivity contribution in [3.05, 3.63) is 47.5 Å².